The van der Waals surface area contributed by atoms with Crippen molar-refractivity contribution in [3.8, 4) is 11.1 Å². The predicted octanol–water partition coefficient (Wildman–Crippen LogP) is 3.34. The molecule has 0 saturated carbocycles. The Morgan fingerprint density at radius 3 is 2.75 bits per heavy atom. The molecular weight excluding hydrogens is 369 g/mol. The number of halogens is 3. The fraction of sp³-hybridized carbons (Fsp3) is 0.250. The minimum absolute atomic E-state index is 0.0398. The van der Waals surface area contributed by atoms with Crippen LogP contribution in [0.15, 0.2) is 42.7 Å². The monoisotopic (exact) mass is 386 g/mol. The van der Waals surface area contributed by atoms with Crippen LogP contribution in [0, 0.1) is 17.6 Å². The van der Waals surface area contributed by atoms with Gasteiger partial charge in [-0.3, -0.25) is 9.48 Å². The fourth-order valence-corrected chi connectivity index (χ4v) is 3.50. The number of aromatic nitrogens is 3. The van der Waals surface area contributed by atoms with Gasteiger partial charge >= 0.3 is 0 Å². The highest BCUT2D eigenvalue weighted by atomic mass is 19.1. The van der Waals surface area contributed by atoms with Crippen molar-refractivity contribution in [2.45, 2.75) is 32.5 Å². The van der Waals surface area contributed by atoms with E-state index in [0.717, 1.165) is 6.07 Å². The molecule has 28 heavy (non-hydrogen) atoms. The van der Waals surface area contributed by atoms with E-state index in [0.29, 0.717) is 23.4 Å². The van der Waals surface area contributed by atoms with Crippen LogP contribution in [0.1, 0.15) is 18.2 Å². The molecule has 0 spiro atoms. The van der Waals surface area contributed by atoms with Gasteiger partial charge in [-0.25, -0.2) is 13.8 Å². The first-order chi connectivity index (χ1) is 13.4. The SMILES string of the molecule is CC1Cn2ncc(-c3ccc(F)cc3F)c2CN1C(=O)Cc1ccnc(F)c1. The molecule has 0 fully saturated rings. The molecule has 0 aliphatic carbocycles. The van der Waals surface area contributed by atoms with Crippen LogP contribution >= 0.6 is 0 Å². The van der Waals surface area contributed by atoms with Gasteiger partial charge in [0.15, 0.2) is 0 Å². The summed E-state index contributed by atoms with van der Waals surface area (Å²) in [4.78, 5) is 18.0. The van der Waals surface area contributed by atoms with E-state index in [1.807, 2.05) is 6.92 Å². The molecule has 144 valence electrons. The summed E-state index contributed by atoms with van der Waals surface area (Å²) >= 11 is 0. The summed E-state index contributed by atoms with van der Waals surface area (Å²) in [5, 5.41) is 4.30. The Kier molecular flexibility index (Phi) is 4.62. The first-order valence-electron chi connectivity index (χ1n) is 8.82. The third-order valence-corrected chi connectivity index (χ3v) is 4.93. The van der Waals surface area contributed by atoms with Crippen molar-refractivity contribution < 1.29 is 18.0 Å². The normalized spacial score (nSPS) is 16.1. The molecule has 4 rings (SSSR count). The molecule has 5 nitrogen and oxygen atoms in total. The van der Waals surface area contributed by atoms with Gasteiger partial charge in [0.25, 0.3) is 0 Å². The lowest BCUT2D eigenvalue weighted by molar-refractivity contribution is -0.134. The Hall–Kier alpha value is -3.16. The van der Waals surface area contributed by atoms with Crippen molar-refractivity contribution in [3.63, 3.8) is 0 Å². The van der Waals surface area contributed by atoms with Crippen molar-refractivity contribution in [2.75, 3.05) is 0 Å². The molecule has 0 bridgehead atoms. The van der Waals surface area contributed by atoms with Crippen molar-refractivity contribution in [2.24, 2.45) is 0 Å². The summed E-state index contributed by atoms with van der Waals surface area (Å²) in [7, 11) is 0. The summed E-state index contributed by atoms with van der Waals surface area (Å²) in [6.07, 6.45) is 2.89. The van der Waals surface area contributed by atoms with Crippen LogP contribution < -0.4 is 0 Å². The number of hydrogen-bond acceptors (Lipinski definition) is 3. The molecule has 3 aromatic rings. The van der Waals surface area contributed by atoms with Crippen LogP contribution in [-0.4, -0.2) is 31.6 Å². The molecule has 1 amide bonds. The molecule has 1 atom stereocenters. The first kappa shape index (κ1) is 18.2. The lowest BCUT2D eigenvalue weighted by atomic mass is 10.0. The van der Waals surface area contributed by atoms with Gasteiger partial charge < -0.3 is 4.90 Å². The second-order valence-corrected chi connectivity index (χ2v) is 6.85. The van der Waals surface area contributed by atoms with E-state index < -0.39 is 17.6 Å². The van der Waals surface area contributed by atoms with Gasteiger partial charge in [-0.15, -0.1) is 0 Å². The molecule has 1 aliphatic heterocycles. The lowest BCUT2D eigenvalue weighted by Gasteiger charge is -2.34. The van der Waals surface area contributed by atoms with E-state index in [4.69, 9.17) is 0 Å². The fourth-order valence-electron chi connectivity index (χ4n) is 3.50. The average Bonchev–Trinajstić information content (AvgIpc) is 3.03. The van der Waals surface area contributed by atoms with E-state index in [1.54, 1.807) is 15.6 Å². The number of fused-ring (bicyclic) bond motifs is 1. The van der Waals surface area contributed by atoms with Crippen LogP contribution in [0.25, 0.3) is 11.1 Å². The van der Waals surface area contributed by atoms with Gasteiger partial charge in [0.1, 0.15) is 11.6 Å². The highest BCUT2D eigenvalue weighted by Crippen LogP contribution is 2.31. The number of rotatable bonds is 3. The van der Waals surface area contributed by atoms with Gasteiger partial charge in [0.05, 0.1) is 31.4 Å². The van der Waals surface area contributed by atoms with Crippen molar-refractivity contribution >= 4 is 5.91 Å². The summed E-state index contributed by atoms with van der Waals surface area (Å²) < 4.78 is 42.5. The molecule has 1 unspecified atom stereocenters. The number of benzene rings is 1. The van der Waals surface area contributed by atoms with Crippen LogP contribution in [0.5, 0.6) is 0 Å². The van der Waals surface area contributed by atoms with E-state index in [9.17, 15) is 18.0 Å². The third-order valence-electron chi connectivity index (χ3n) is 4.93. The number of nitrogens with zero attached hydrogens (tertiary/aromatic N) is 4. The third kappa shape index (κ3) is 3.37. The predicted molar refractivity (Wildman–Crippen MR) is 95.5 cm³/mol. The molecular formula is C20H17F3N4O. The quantitative estimate of drug-likeness (QED) is 0.649. The lowest BCUT2D eigenvalue weighted by Crippen LogP contribution is -2.45. The smallest absolute Gasteiger partial charge is 0.227 e. The van der Waals surface area contributed by atoms with Crippen molar-refractivity contribution in [1.29, 1.82) is 0 Å². The zero-order chi connectivity index (χ0) is 19.8. The first-order valence-corrected chi connectivity index (χ1v) is 8.82. The highest BCUT2D eigenvalue weighted by molar-refractivity contribution is 5.79. The average molecular weight is 386 g/mol. The topological polar surface area (TPSA) is 51.0 Å². The van der Waals surface area contributed by atoms with Crippen molar-refractivity contribution in [3.05, 3.63) is 71.6 Å². The van der Waals surface area contributed by atoms with Crippen LogP contribution in [0.4, 0.5) is 13.2 Å². The number of carbonyl (C=O) groups excluding carboxylic acids is 1. The summed E-state index contributed by atoms with van der Waals surface area (Å²) in [5.41, 5.74) is 1.98. The van der Waals surface area contributed by atoms with Gasteiger partial charge in [-0.05, 0) is 36.8 Å². The summed E-state index contributed by atoms with van der Waals surface area (Å²) in [5.74, 6) is -2.14. The maximum absolute atomic E-state index is 14.2. The number of pyridine rings is 1. The zero-order valence-electron chi connectivity index (χ0n) is 15.1. The Labute approximate surface area is 159 Å². The van der Waals surface area contributed by atoms with Gasteiger partial charge in [0, 0.05) is 29.4 Å². The Morgan fingerprint density at radius 2 is 2.00 bits per heavy atom. The molecule has 1 aliphatic rings. The minimum Gasteiger partial charge on any atom is -0.332 e. The molecule has 1 aromatic carbocycles. The number of amides is 1. The standard InChI is InChI=1S/C20H17F3N4O/c1-12-10-27-18(16(9-25-27)15-3-2-14(21)8-17(15)22)11-26(12)20(28)7-13-4-5-24-19(23)6-13/h2-6,8-9,12H,7,10-11H2,1H3. The van der Waals surface area contributed by atoms with E-state index in [-0.39, 0.29) is 30.5 Å². The van der Waals surface area contributed by atoms with Crippen molar-refractivity contribution in [1.82, 2.24) is 19.7 Å². The van der Waals surface area contributed by atoms with Gasteiger partial charge in [0.2, 0.25) is 11.9 Å². The van der Waals surface area contributed by atoms with E-state index >= 15 is 0 Å². The Morgan fingerprint density at radius 1 is 1.18 bits per heavy atom. The maximum atomic E-state index is 14.2. The zero-order valence-corrected chi connectivity index (χ0v) is 15.1. The number of carbonyl (C=O) groups is 1. The largest absolute Gasteiger partial charge is 0.332 e. The summed E-state index contributed by atoms with van der Waals surface area (Å²) in [6, 6.07) is 6.08. The van der Waals surface area contributed by atoms with Crippen LogP contribution in [-0.2, 0) is 24.3 Å². The molecule has 0 N–H and O–H groups in total. The van der Waals surface area contributed by atoms with Crippen LogP contribution in [0.3, 0.4) is 0 Å². The van der Waals surface area contributed by atoms with Crippen LogP contribution in [0.2, 0.25) is 0 Å². The van der Waals surface area contributed by atoms with E-state index in [1.165, 1.54) is 30.6 Å². The number of hydrogen-bond donors (Lipinski definition) is 0. The highest BCUT2D eigenvalue weighted by Gasteiger charge is 2.30. The Balaban J connectivity index is 1.62. The summed E-state index contributed by atoms with van der Waals surface area (Å²) in [6.45, 7) is 2.59. The maximum Gasteiger partial charge on any atom is 0.227 e. The Bertz CT molecular complexity index is 1050. The second kappa shape index (κ2) is 7.10. The molecule has 0 saturated heterocycles. The molecule has 8 heteroatoms. The molecule has 2 aromatic heterocycles. The van der Waals surface area contributed by atoms with Gasteiger partial charge in [-0.1, -0.05) is 0 Å². The second-order valence-electron chi connectivity index (χ2n) is 6.85. The molecule has 0 radical (unpaired) electrons. The van der Waals surface area contributed by atoms with E-state index in [2.05, 4.69) is 10.1 Å². The minimum atomic E-state index is -0.681. The molecule has 3 heterocycles. The van der Waals surface area contributed by atoms with Gasteiger partial charge in [-0.2, -0.15) is 9.49 Å².